The van der Waals surface area contributed by atoms with Gasteiger partial charge in [-0.15, -0.1) is 0 Å². The molecule has 3 N–H and O–H groups in total. The largest absolute Gasteiger partial charge is 0.507 e. The summed E-state index contributed by atoms with van der Waals surface area (Å²) in [4.78, 5) is 12.6. The highest BCUT2D eigenvalue weighted by molar-refractivity contribution is 5.94. The highest BCUT2D eigenvalue weighted by atomic mass is 16.3. The molecule has 0 unspecified atom stereocenters. The number of phenolic OH excluding ortho intramolecular Hbond substituents is 1. The van der Waals surface area contributed by atoms with Crippen molar-refractivity contribution in [3.8, 4) is 17.0 Å². The van der Waals surface area contributed by atoms with Crippen LogP contribution in [0.1, 0.15) is 29.8 Å². The lowest BCUT2D eigenvalue weighted by atomic mass is 9.95. The number of aromatic hydroxyl groups is 1. The fourth-order valence-electron chi connectivity index (χ4n) is 3.93. The zero-order valence-corrected chi connectivity index (χ0v) is 13.1. The average Bonchev–Trinajstić information content (AvgIpc) is 3.23. The summed E-state index contributed by atoms with van der Waals surface area (Å²) in [5, 5.41) is 16.7. The number of fused-ring (bicyclic) bond motifs is 2. The second-order valence-corrected chi connectivity index (χ2v) is 6.54. The standard InChI is InChI=1S/C18H21N3O2/c1-21-15(12-4-2-3-5-17(12)22)8-9-16(21)18(23)20-14-10-11-6-7-13(14)19-11/h2-5,8-9,11,13-14,19,22H,6-7,10H2,1H3,(H,20,23)/t11-,13+,14-/m1/s1. The molecule has 3 heterocycles. The first kappa shape index (κ1) is 14.3. The quantitative estimate of drug-likeness (QED) is 0.812. The van der Waals surface area contributed by atoms with E-state index in [4.69, 9.17) is 0 Å². The van der Waals surface area contributed by atoms with E-state index in [9.17, 15) is 9.90 Å². The van der Waals surface area contributed by atoms with E-state index in [2.05, 4.69) is 10.6 Å². The van der Waals surface area contributed by atoms with E-state index in [1.165, 1.54) is 6.42 Å². The number of amides is 1. The SMILES string of the molecule is Cn1c(C(=O)N[C@@H]2C[C@H]3CC[C@@H]2N3)ccc1-c1ccccc1O. The predicted octanol–water partition coefficient (Wildman–Crippen LogP) is 2.02. The van der Waals surface area contributed by atoms with Crippen molar-refractivity contribution in [3.05, 3.63) is 42.1 Å². The number of benzene rings is 1. The Morgan fingerprint density at radius 1 is 1.26 bits per heavy atom. The highest BCUT2D eigenvalue weighted by Gasteiger charge is 2.39. The van der Waals surface area contributed by atoms with Crippen molar-refractivity contribution in [2.75, 3.05) is 0 Å². The molecule has 1 aromatic heterocycles. The Kier molecular flexibility index (Phi) is 3.38. The first-order valence-corrected chi connectivity index (χ1v) is 8.14. The Hall–Kier alpha value is -2.27. The van der Waals surface area contributed by atoms with E-state index in [1.54, 1.807) is 12.1 Å². The van der Waals surface area contributed by atoms with Gasteiger partial charge in [0.25, 0.3) is 5.91 Å². The van der Waals surface area contributed by atoms with Gasteiger partial charge in [0.1, 0.15) is 11.4 Å². The van der Waals surface area contributed by atoms with Crippen molar-refractivity contribution in [3.63, 3.8) is 0 Å². The Balaban J connectivity index is 1.56. The van der Waals surface area contributed by atoms with E-state index in [0.29, 0.717) is 17.8 Å². The Morgan fingerprint density at radius 3 is 2.78 bits per heavy atom. The van der Waals surface area contributed by atoms with Gasteiger partial charge in [0.15, 0.2) is 0 Å². The van der Waals surface area contributed by atoms with E-state index < -0.39 is 0 Å². The number of carbonyl (C=O) groups excluding carboxylic acids is 1. The van der Waals surface area contributed by atoms with Crippen LogP contribution in [0.3, 0.4) is 0 Å². The van der Waals surface area contributed by atoms with Gasteiger partial charge < -0.3 is 20.3 Å². The summed E-state index contributed by atoms with van der Waals surface area (Å²) in [7, 11) is 1.86. The van der Waals surface area contributed by atoms with E-state index >= 15 is 0 Å². The third-order valence-electron chi connectivity index (χ3n) is 5.15. The summed E-state index contributed by atoms with van der Waals surface area (Å²) in [6.07, 6.45) is 3.39. The molecule has 5 nitrogen and oxygen atoms in total. The Labute approximate surface area is 135 Å². The molecular formula is C18H21N3O2. The fraction of sp³-hybridized carbons (Fsp3) is 0.389. The number of hydrogen-bond acceptors (Lipinski definition) is 3. The molecule has 1 amide bonds. The van der Waals surface area contributed by atoms with Crippen LogP contribution in [-0.2, 0) is 7.05 Å². The molecule has 2 aromatic rings. The molecule has 0 radical (unpaired) electrons. The lowest BCUT2D eigenvalue weighted by Gasteiger charge is -2.21. The molecule has 120 valence electrons. The number of phenols is 1. The number of rotatable bonds is 3. The minimum absolute atomic E-state index is 0.0477. The second-order valence-electron chi connectivity index (χ2n) is 6.54. The van der Waals surface area contributed by atoms with E-state index in [1.807, 2.05) is 35.9 Å². The van der Waals surface area contributed by atoms with Crippen LogP contribution in [0, 0.1) is 0 Å². The van der Waals surface area contributed by atoms with Gasteiger partial charge in [0.05, 0.1) is 5.69 Å². The molecule has 3 atom stereocenters. The number of carbonyl (C=O) groups is 1. The molecule has 2 fully saturated rings. The molecule has 0 saturated carbocycles. The molecule has 4 rings (SSSR count). The summed E-state index contributed by atoms with van der Waals surface area (Å²) in [6.45, 7) is 0. The van der Waals surface area contributed by atoms with Crippen molar-refractivity contribution in [2.45, 2.75) is 37.4 Å². The van der Waals surface area contributed by atoms with Crippen molar-refractivity contribution in [1.82, 2.24) is 15.2 Å². The zero-order chi connectivity index (χ0) is 16.0. The van der Waals surface area contributed by atoms with Crippen molar-refractivity contribution >= 4 is 5.91 Å². The van der Waals surface area contributed by atoms with E-state index in [-0.39, 0.29) is 17.7 Å². The van der Waals surface area contributed by atoms with Gasteiger partial charge in [0, 0.05) is 30.7 Å². The average molecular weight is 311 g/mol. The lowest BCUT2D eigenvalue weighted by molar-refractivity contribution is 0.0923. The number of aromatic nitrogens is 1. The number of nitrogens with one attached hydrogen (secondary N) is 2. The number of hydrogen-bond donors (Lipinski definition) is 3. The number of nitrogens with zero attached hydrogens (tertiary/aromatic N) is 1. The molecule has 1 aromatic carbocycles. The van der Waals surface area contributed by atoms with Gasteiger partial charge in [-0.2, -0.15) is 0 Å². The van der Waals surface area contributed by atoms with Gasteiger partial charge in [-0.25, -0.2) is 0 Å². The zero-order valence-electron chi connectivity index (χ0n) is 13.1. The molecule has 5 heteroatoms. The molecule has 2 aliphatic heterocycles. The van der Waals surface area contributed by atoms with Gasteiger partial charge in [0.2, 0.25) is 0 Å². The van der Waals surface area contributed by atoms with Crippen molar-refractivity contribution in [2.24, 2.45) is 7.05 Å². The maximum absolute atomic E-state index is 12.6. The topological polar surface area (TPSA) is 66.3 Å². The van der Waals surface area contributed by atoms with Crippen LogP contribution < -0.4 is 10.6 Å². The van der Waals surface area contributed by atoms with Gasteiger partial charge in [-0.3, -0.25) is 4.79 Å². The van der Waals surface area contributed by atoms with Crippen LogP contribution in [0.25, 0.3) is 11.3 Å². The third-order valence-corrected chi connectivity index (χ3v) is 5.15. The summed E-state index contributed by atoms with van der Waals surface area (Å²) in [6, 6.07) is 12.1. The molecule has 23 heavy (non-hydrogen) atoms. The predicted molar refractivity (Wildman–Crippen MR) is 88.3 cm³/mol. The lowest BCUT2D eigenvalue weighted by Crippen LogP contribution is -2.43. The van der Waals surface area contributed by atoms with Crippen LogP contribution in [-0.4, -0.2) is 33.7 Å². The highest BCUT2D eigenvalue weighted by Crippen LogP contribution is 2.31. The second kappa shape index (κ2) is 5.42. The monoisotopic (exact) mass is 311 g/mol. The maximum atomic E-state index is 12.6. The smallest absolute Gasteiger partial charge is 0.268 e. The van der Waals surface area contributed by atoms with Crippen LogP contribution >= 0.6 is 0 Å². The molecule has 2 saturated heterocycles. The van der Waals surface area contributed by atoms with Crippen LogP contribution in [0.4, 0.5) is 0 Å². The van der Waals surface area contributed by atoms with Gasteiger partial charge >= 0.3 is 0 Å². The third kappa shape index (κ3) is 2.41. The minimum Gasteiger partial charge on any atom is -0.507 e. The summed E-state index contributed by atoms with van der Waals surface area (Å²) < 4.78 is 1.84. The van der Waals surface area contributed by atoms with Crippen LogP contribution in [0.15, 0.2) is 36.4 Å². The number of para-hydroxylation sites is 1. The van der Waals surface area contributed by atoms with E-state index in [0.717, 1.165) is 24.1 Å². The minimum atomic E-state index is -0.0477. The molecule has 2 aliphatic rings. The van der Waals surface area contributed by atoms with Crippen LogP contribution in [0.2, 0.25) is 0 Å². The van der Waals surface area contributed by atoms with Crippen molar-refractivity contribution < 1.29 is 9.90 Å². The molecular weight excluding hydrogens is 290 g/mol. The normalized spacial score (nSPS) is 25.7. The maximum Gasteiger partial charge on any atom is 0.268 e. The molecule has 0 spiro atoms. The first-order valence-electron chi connectivity index (χ1n) is 8.14. The van der Waals surface area contributed by atoms with Gasteiger partial charge in [-0.1, -0.05) is 12.1 Å². The Morgan fingerprint density at radius 2 is 2.09 bits per heavy atom. The summed E-state index contributed by atoms with van der Waals surface area (Å²) in [5.74, 6) is 0.173. The van der Waals surface area contributed by atoms with Crippen molar-refractivity contribution in [1.29, 1.82) is 0 Å². The Bertz CT molecular complexity index is 752. The molecule has 0 aliphatic carbocycles. The summed E-state index contributed by atoms with van der Waals surface area (Å²) in [5.41, 5.74) is 2.18. The fourth-order valence-corrected chi connectivity index (χ4v) is 3.93. The first-order chi connectivity index (χ1) is 11.1. The van der Waals surface area contributed by atoms with Crippen LogP contribution in [0.5, 0.6) is 5.75 Å². The molecule has 2 bridgehead atoms. The summed E-state index contributed by atoms with van der Waals surface area (Å²) >= 11 is 0. The van der Waals surface area contributed by atoms with Gasteiger partial charge in [-0.05, 0) is 43.5 Å².